The highest BCUT2D eigenvalue weighted by molar-refractivity contribution is 7.99. The maximum Gasteiger partial charge on any atom is 0.322 e. The summed E-state index contributed by atoms with van der Waals surface area (Å²) in [6.07, 6.45) is 1.08. The summed E-state index contributed by atoms with van der Waals surface area (Å²) in [6.45, 7) is 4.24. The van der Waals surface area contributed by atoms with Gasteiger partial charge in [0.25, 0.3) is 5.91 Å². The van der Waals surface area contributed by atoms with E-state index in [1.165, 1.54) is 24.3 Å². The molecule has 0 atom stereocenters. The van der Waals surface area contributed by atoms with Gasteiger partial charge in [-0.2, -0.15) is 0 Å². The molecule has 28 heavy (non-hydrogen) atoms. The van der Waals surface area contributed by atoms with Crippen molar-refractivity contribution in [3.63, 3.8) is 0 Å². The number of rotatable bonds is 6. The van der Waals surface area contributed by atoms with Gasteiger partial charge in [0.15, 0.2) is 9.84 Å². The summed E-state index contributed by atoms with van der Waals surface area (Å²) in [6, 6.07) is 13.4. The number of carbonyl (C=O) groups excluding carboxylic acids is 1. The first-order chi connectivity index (χ1) is 13.2. The Balaban J connectivity index is 1.73. The van der Waals surface area contributed by atoms with Crippen molar-refractivity contribution < 1.29 is 17.6 Å². The molecule has 0 radical (unpaired) electrons. The lowest BCUT2D eigenvalue weighted by Gasteiger charge is -2.04. The van der Waals surface area contributed by atoms with E-state index in [2.05, 4.69) is 29.4 Å². The normalized spacial score (nSPS) is 11.6. The molecule has 1 N–H and O–H groups in total. The van der Waals surface area contributed by atoms with Crippen LogP contribution in [0.25, 0.3) is 11.5 Å². The van der Waals surface area contributed by atoms with Gasteiger partial charge in [-0.25, -0.2) is 8.42 Å². The van der Waals surface area contributed by atoms with Gasteiger partial charge in [0.1, 0.15) is 0 Å². The number of hydrogen-bond acceptors (Lipinski definition) is 7. The second-order valence-corrected chi connectivity index (χ2v) is 10.0. The molecule has 7 nitrogen and oxygen atoms in total. The molecule has 1 amide bonds. The van der Waals surface area contributed by atoms with E-state index in [9.17, 15) is 13.2 Å². The molecule has 1 heterocycles. The summed E-state index contributed by atoms with van der Waals surface area (Å²) < 4.78 is 28.8. The minimum Gasteiger partial charge on any atom is -0.403 e. The number of nitrogens with one attached hydrogen (secondary N) is 1. The zero-order chi connectivity index (χ0) is 20.3. The summed E-state index contributed by atoms with van der Waals surface area (Å²) in [5.74, 6) is -0.259. The first-order valence-corrected chi connectivity index (χ1v) is 11.2. The number of thioether (sulfide) groups is 1. The minimum atomic E-state index is -3.41. The molecule has 0 bridgehead atoms. The van der Waals surface area contributed by atoms with E-state index < -0.39 is 15.7 Å². The quantitative estimate of drug-likeness (QED) is 0.607. The van der Waals surface area contributed by atoms with E-state index in [-0.39, 0.29) is 22.4 Å². The fraction of sp³-hybridized carbons (Fsp3) is 0.211. The van der Waals surface area contributed by atoms with Gasteiger partial charge in [-0.3, -0.25) is 10.1 Å². The molecule has 146 valence electrons. The second-order valence-electron chi connectivity index (χ2n) is 6.36. The summed E-state index contributed by atoms with van der Waals surface area (Å²) in [4.78, 5) is 13.5. The van der Waals surface area contributed by atoms with E-state index in [1.807, 2.05) is 24.3 Å². The van der Waals surface area contributed by atoms with Gasteiger partial charge in [-0.1, -0.05) is 25.0 Å². The topological polar surface area (TPSA) is 102 Å². The van der Waals surface area contributed by atoms with E-state index >= 15 is 0 Å². The fourth-order valence-corrected chi connectivity index (χ4v) is 3.88. The Kier molecular flexibility index (Phi) is 5.85. The molecule has 0 aliphatic carbocycles. The predicted molar refractivity (Wildman–Crippen MR) is 108 cm³/mol. The van der Waals surface area contributed by atoms with Crippen LogP contribution in [-0.4, -0.2) is 36.0 Å². The Morgan fingerprint density at radius 1 is 1.11 bits per heavy atom. The van der Waals surface area contributed by atoms with Gasteiger partial charge in [-0.15, -0.1) is 16.9 Å². The molecular formula is C19H19N3O4S2. The average Bonchev–Trinajstić information content (AvgIpc) is 3.09. The van der Waals surface area contributed by atoms with Crippen molar-refractivity contribution in [2.75, 3.05) is 11.6 Å². The molecule has 0 unspecified atom stereocenters. The van der Waals surface area contributed by atoms with Crippen molar-refractivity contribution in [2.45, 2.75) is 28.9 Å². The average molecular weight is 418 g/mol. The number of aromatic nitrogens is 2. The lowest BCUT2D eigenvalue weighted by atomic mass is 10.2. The third-order valence-electron chi connectivity index (χ3n) is 3.64. The number of anilines is 1. The molecule has 0 aliphatic heterocycles. The second kappa shape index (κ2) is 8.15. The van der Waals surface area contributed by atoms with Gasteiger partial charge in [0, 0.05) is 27.5 Å². The van der Waals surface area contributed by atoms with Crippen LogP contribution in [0.2, 0.25) is 0 Å². The van der Waals surface area contributed by atoms with Crippen molar-refractivity contribution in [1.29, 1.82) is 0 Å². The molecule has 0 saturated heterocycles. The monoisotopic (exact) mass is 417 g/mol. The zero-order valence-corrected chi connectivity index (χ0v) is 17.2. The highest BCUT2D eigenvalue weighted by Gasteiger charge is 2.15. The van der Waals surface area contributed by atoms with Crippen molar-refractivity contribution in [3.8, 4) is 11.5 Å². The van der Waals surface area contributed by atoms with Gasteiger partial charge >= 0.3 is 6.01 Å². The van der Waals surface area contributed by atoms with Gasteiger partial charge < -0.3 is 4.42 Å². The highest BCUT2D eigenvalue weighted by atomic mass is 32.2. The van der Waals surface area contributed by atoms with E-state index in [4.69, 9.17) is 4.42 Å². The van der Waals surface area contributed by atoms with Crippen molar-refractivity contribution in [1.82, 2.24) is 10.2 Å². The van der Waals surface area contributed by atoms with Gasteiger partial charge in [0.2, 0.25) is 5.89 Å². The first-order valence-electron chi connectivity index (χ1n) is 8.44. The van der Waals surface area contributed by atoms with Crippen LogP contribution in [0, 0.1) is 0 Å². The molecule has 2 aromatic carbocycles. The number of carbonyl (C=O) groups is 1. The van der Waals surface area contributed by atoms with Crippen LogP contribution < -0.4 is 5.32 Å². The van der Waals surface area contributed by atoms with E-state index in [1.54, 1.807) is 11.8 Å². The molecule has 0 fully saturated rings. The lowest BCUT2D eigenvalue weighted by molar-refractivity contribution is 0.102. The Morgan fingerprint density at radius 3 is 2.46 bits per heavy atom. The summed E-state index contributed by atoms with van der Waals surface area (Å²) in [5.41, 5.74) is 0.915. The Bertz CT molecular complexity index is 1090. The smallest absolute Gasteiger partial charge is 0.322 e. The van der Waals surface area contributed by atoms with E-state index in [0.717, 1.165) is 16.7 Å². The maximum absolute atomic E-state index is 12.3. The van der Waals surface area contributed by atoms with Crippen LogP contribution in [0.15, 0.2) is 62.7 Å². The molecule has 3 rings (SSSR count). The van der Waals surface area contributed by atoms with Gasteiger partial charge in [-0.05, 0) is 42.5 Å². The highest BCUT2D eigenvalue weighted by Crippen LogP contribution is 2.26. The minimum absolute atomic E-state index is 0.0609. The third-order valence-corrected chi connectivity index (χ3v) is 5.77. The number of hydrogen-bond donors (Lipinski definition) is 1. The van der Waals surface area contributed by atoms with Crippen molar-refractivity contribution in [2.24, 2.45) is 0 Å². The fourth-order valence-electron chi connectivity index (χ4n) is 2.38. The maximum atomic E-state index is 12.3. The first kappa shape index (κ1) is 20.1. The zero-order valence-electron chi connectivity index (χ0n) is 15.5. The molecule has 0 aliphatic rings. The number of amides is 1. The van der Waals surface area contributed by atoms with Crippen LogP contribution in [0.5, 0.6) is 0 Å². The summed E-state index contributed by atoms with van der Waals surface area (Å²) >= 11 is 1.75. The van der Waals surface area contributed by atoms with Crippen LogP contribution in [0.4, 0.5) is 6.01 Å². The predicted octanol–water partition coefficient (Wildman–Crippen LogP) is 3.89. The molecule has 0 spiro atoms. The van der Waals surface area contributed by atoms with Gasteiger partial charge in [0.05, 0.1) is 4.90 Å². The standard InChI is InChI=1S/C19H19N3O4S2/c1-12(2)27-15-9-7-13(8-10-15)18-21-22-19(26-18)20-17(23)14-5-4-6-16(11-14)28(3,24)25/h4-12H,1-3H3,(H,20,22,23). The SMILES string of the molecule is CC(C)Sc1ccc(-c2nnc(NC(=O)c3cccc(S(C)(=O)=O)c3)o2)cc1. The Labute approximate surface area is 167 Å². The largest absolute Gasteiger partial charge is 0.403 e. The number of benzene rings is 2. The van der Waals surface area contributed by atoms with E-state index in [0.29, 0.717) is 5.25 Å². The summed E-state index contributed by atoms with van der Waals surface area (Å²) in [5, 5.41) is 10.7. The molecular weight excluding hydrogens is 398 g/mol. The third kappa shape index (κ3) is 4.99. The molecule has 9 heteroatoms. The Hall–Kier alpha value is -2.65. The van der Waals surface area contributed by atoms with Crippen LogP contribution in [0.3, 0.4) is 0 Å². The molecule has 3 aromatic rings. The number of sulfone groups is 1. The van der Waals surface area contributed by atoms with Crippen LogP contribution in [0.1, 0.15) is 24.2 Å². The van der Waals surface area contributed by atoms with Crippen molar-refractivity contribution >= 4 is 33.5 Å². The van der Waals surface area contributed by atoms with Crippen LogP contribution >= 0.6 is 11.8 Å². The van der Waals surface area contributed by atoms with Crippen LogP contribution in [-0.2, 0) is 9.84 Å². The molecule has 1 aromatic heterocycles. The molecule has 0 saturated carbocycles. The Morgan fingerprint density at radius 2 is 1.82 bits per heavy atom. The summed E-state index contributed by atoms with van der Waals surface area (Å²) in [7, 11) is -3.41. The van der Waals surface area contributed by atoms with Crippen molar-refractivity contribution in [3.05, 3.63) is 54.1 Å². The lowest BCUT2D eigenvalue weighted by Crippen LogP contribution is -2.13. The number of nitrogens with zero attached hydrogens (tertiary/aromatic N) is 2.